The molecular formula is C67H125NO13. The molecule has 0 aromatic heterocycles. The van der Waals surface area contributed by atoms with E-state index in [2.05, 4.69) is 43.5 Å². The van der Waals surface area contributed by atoms with E-state index in [0.717, 1.165) is 32.1 Å². The Labute approximate surface area is 493 Å². The number of allylic oxidation sites excluding steroid dienone is 5. The van der Waals surface area contributed by atoms with Crippen molar-refractivity contribution in [3.05, 3.63) is 36.5 Å². The van der Waals surface area contributed by atoms with Crippen LogP contribution in [-0.4, -0.2) is 140 Å². The number of unbranched alkanes of at least 4 members (excludes halogenated alkanes) is 38. The van der Waals surface area contributed by atoms with Crippen LogP contribution in [0.15, 0.2) is 36.5 Å². The van der Waals surface area contributed by atoms with Gasteiger partial charge in [-0.15, -0.1) is 0 Å². The molecule has 12 unspecified atom stereocenters. The van der Waals surface area contributed by atoms with E-state index in [0.29, 0.717) is 12.8 Å². The number of rotatable bonds is 55. The normalized spacial score (nSPS) is 24.3. The van der Waals surface area contributed by atoms with E-state index in [-0.39, 0.29) is 18.9 Å². The van der Waals surface area contributed by atoms with Crippen molar-refractivity contribution in [2.45, 2.75) is 364 Å². The van der Waals surface area contributed by atoms with E-state index in [1.165, 1.54) is 225 Å². The van der Waals surface area contributed by atoms with Crippen LogP contribution in [0.4, 0.5) is 0 Å². The molecule has 2 heterocycles. The van der Waals surface area contributed by atoms with Crippen molar-refractivity contribution in [2.24, 2.45) is 0 Å². The van der Waals surface area contributed by atoms with Gasteiger partial charge < -0.3 is 65.1 Å². The summed E-state index contributed by atoms with van der Waals surface area (Å²) in [6.07, 6.45) is 49.1. The highest BCUT2D eigenvalue weighted by Crippen LogP contribution is 2.30. The molecule has 0 saturated carbocycles. The molecule has 1 amide bonds. The summed E-state index contributed by atoms with van der Waals surface area (Å²) in [6, 6.07) is -0.932. The van der Waals surface area contributed by atoms with Gasteiger partial charge in [-0.1, -0.05) is 262 Å². The molecule has 2 saturated heterocycles. The van der Waals surface area contributed by atoms with Gasteiger partial charge in [0, 0.05) is 6.42 Å². The molecule has 0 aromatic carbocycles. The number of nitrogens with one attached hydrogen (secondary N) is 1. The van der Waals surface area contributed by atoms with Crippen molar-refractivity contribution < 1.29 is 64.6 Å². The van der Waals surface area contributed by atoms with Gasteiger partial charge in [0.25, 0.3) is 0 Å². The van der Waals surface area contributed by atoms with Gasteiger partial charge in [-0.25, -0.2) is 0 Å². The zero-order valence-corrected chi connectivity index (χ0v) is 51.5. The lowest BCUT2D eigenvalue weighted by Gasteiger charge is -2.46. The molecule has 2 aliphatic rings. The quantitative estimate of drug-likeness (QED) is 0.0204. The highest BCUT2D eigenvalue weighted by molar-refractivity contribution is 5.76. The summed E-state index contributed by atoms with van der Waals surface area (Å²) < 4.78 is 22.8. The SMILES string of the molecule is CCCCCCCCCC/C=C\CCCCCCCCCCCCCC(=O)NC(COC1OC(CO)C(OC2OC(CO)C(O)C(O)C2O)C(O)C1O)C(O)/C=C/CC/C=C/CCCCCCCCCCCCCCCCCCCC. The van der Waals surface area contributed by atoms with Crippen LogP contribution in [-0.2, 0) is 23.7 Å². The summed E-state index contributed by atoms with van der Waals surface area (Å²) >= 11 is 0. The molecule has 0 aromatic rings. The van der Waals surface area contributed by atoms with E-state index in [4.69, 9.17) is 18.9 Å². The standard InChI is InChI=1S/C67H125NO13/c1-3-5-7-9-11-13-15-17-19-21-23-25-27-29-30-32-34-36-38-40-42-44-46-48-50-56(71)55(54-78-66-64(77)62(75)65(58(53-70)80-66)81-67-63(76)61(74)60(73)57(52-69)79-67)68-59(72)51-49-47-45-43-41-39-37-35-33-31-28-26-24-22-20-18-16-14-12-10-8-6-4-2/h22,24,40,42,48,50,55-58,60-67,69-71,73-77H,3-21,23,25-39,41,43-47,49,51-54H2,1-2H3,(H,68,72)/b24-22-,42-40+,50-48+. The third-order valence-electron chi connectivity index (χ3n) is 16.5. The summed E-state index contributed by atoms with van der Waals surface area (Å²) in [5.41, 5.74) is 0. The minimum Gasteiger partial charge on any atom is -0.394 e. The molecule has 14 heteroatoms. The Morgan fingerprint density at radius 1 is 0.432 bits per heavy atom. The van der Waals surface area contributed by atoms with Crippen LogP contribution in [0.3, 0.4) is 0 Å². The maximum atomic E-state index is 13.3. The minimum absolute atomic E-state index is 0.246. The molecule has 81 heavy (non-hydrogen) atoms. The molecule has 2 fully saturated rings. The lowest BCUT2D eigenvalue weighted by Crippen LogP contribution is -2.65. The first-order valence-corrected chi connectivity index (χ1v) is 33.7. The molecule has 2 rings (SSSR count). The number of ether oxygens (including phenoxy) is 4. The van der Waals surface area contributed by atoms with E-state index in [9.17, 15) is 45.6 Å². The summed E-state index contributed by atoms with van der Waals surface area (Å²) in [7, 11) is 0. The molecule has 0 aliphatic carbocycles. The van der Waals surface area contributed by atoms with Crippen molar-refractivity contribution in [3.8, 4) is 0 Å². The van der Waals surface area contributed by atoms with Gasteiger partial charge in [-0.2, -0.15) is 0 Å². The Hall–Kier alpha value is -1.79. The van der Waals surface area contributed by atoms with Gasteiger partial charge in [0.15, 0.2) is 12.6 Å². The average molecular weight is 1150 g/mol. The topological polar surface area (TPSA) is 228 Å². The fourth-order valence-electron chi connectivity index (χ4n) is 11.1. The van der Waals surface area contributed by atoms with Crippen LogP contribution in [0.25, 0.3) is 0 Å². The second-order valence-corrected chi connectivity index (χ2v) is 23.9. The number of hydrogen-bond donors (Lipinski definition) is 9. The highest BCUT2D eigenvalue weighted by Gasteiger charge is 2.51. The van der Waals surface area contributed by atoms with Gasteiger partial charge in [-0.05, 0) is 57.8 Å². The Morgan fingerprint density at radius 2 is 0.790 bits per heavy atom. The lowest BCUT2D eigenvalue weighted by molar-refractivity contribution is -0.359. The number of aliphatic hydroxyl groups is 8. The van der Waals surface area contributed by atoms with Crippen molar-refractivity contribution >= 4 is 5.91 Å². The zero-order valence-electron chi connectivity index (χ0n) is 51.5. The molecule has 2 aliphatic heterocycles. The summed E-state index contributed by atoms with van der Waals surface area (Å²) in [4.78, 5) is 13.3. The number of amides is 1. The molecular weight excluding hydrogens is 1030 g/mol. The largest absolute Gasteiger partial charge is 0.394 e. The van der Waals surface area contributed by atoms with Crippen molar-refractivity contribution in [1.82, 2.24) is 5.32 Å². The number of carbonyl (C=O) groups excluding carboxylic acids is 1. The van der Waals surface area contributed by atoms with Gasteiger partial charge in [0.1, 0.15) is 48.8 Å². The van der Waals surface area contributed by atoms with Crippen LogP contribution >= 0.6 is 0 Å². The third kappa shape index (κ3) is 37.4. The van der Waals surface area contributed by atoms with Gasteiger partial charge in [0.05, 0.1) is 32.0 Å². The minimum atomic E-state index is -1.79. The van der Waals surface area contributed by atoms with Gasteiger partial charge in [0.2, 0.25) is 5.91 Å². The van der Waals surface area contributed by atoms with E-state index in [1.54, 1.807) is 6.08 Å². The first kappa shape index (κ1) is 75.3. The lowest BCUT2D eigenvalue weighted by atomic mass is 9.97. The molecule has 0 radical (unpaired) electrons. The monoisotopic (exact) mass is 1150 g/mol. The Balaban J connectivity index is 1.73. The molecule has 14 nitrogen and oxygen atoms in total. The fourth-order valence-corrected chi connectivity index (χ4v) is 11.1. The smallest absolute Gasteiger partial charge is 0.220 e. The van der Waals surface area contributed by atoms with E-state index < -0.39 is 86.8 Å². The number of carbonyl (C=O) groups is 1. The number of hydrogen-bond acceptors (Lipinski definition) is 13. The first-order valence-electron chi connectivity index (χ1n) is 33.7. The van der Waals surface area contributed by atoms with Crippen LogP contribution in [0, 0.1) is 0 Å². The molecule has 12 atom stereocenters. The van der Waals surface area contributed by atoms with Crippen LogP contribution in [0.5, 0.6) is 0 Å². The molecule has 9 N–H and O–H groups in total. The van der Waals surface area contributed by atoms with Gasteiger partial charge >= 0.3 is 0 Å². The Morgan fingerprint density at radius 3 is 1.21 bits per heavy atom. The molecule has 0 bridgehead atoms. The molecule has 0 spiro atoms. The van der Waals surface area contributed by atoms with E-state index in [1.807, 2.05) is 6.08 Å². The van der Waals surface area contributed by atoms with Crippen LogP contribution < -0.4 is 5.32 Å². The summed E-state index contributed by atoms with van der Waals surface area (Å²) in [5, 5.41) is 87.3. The predicted octanol–water partition coefficient (Wildman–Crippen LogP) is 13.0. The third-order valence-corrected chi connectivity index (χ3v) is 16.5. The van der Waals surface area contributed by atoms with Crippen molar-refractivity contribution in [2.75, 3.05) is 19.8 Å². The van der Waals surface area contributed by atoms with Crippen LogP contribution in [0.2, 0.25) is 0 Å². The van der Waals surface area contributed by atoms with Gasteiger partial charge in [-0.3, -0.25) is 4.79 Å². The number of aliphatic hydroxyl groups excluding tert-OH is 8. The summed E-state index contributed by atoms with van der Waals surface area (Å²) in [6.45, 7) is 2.82. The maximum Gasteiger partial charge on any atom is 0.220 e. The Bertz CT molecular complexity index is 1500. The Kier molecular flexibility index (Phi) is 48.8. The highest BCUT2D eigenvalue weighted by atomic mass is 16.7. The molecule has 476 valence electrons. The van der Waals surface area contributed by atoms with E-state index >= 15 is 0 Å². The maximum absolute atomic E-state index is 13.3. The summed E-state index contributed by atoms with van der Waals surface area (Å²) in [5.74, 6) is -0.246. The predicted molar refractivity (Wildman–Crippen MR) is 328 cm³/mol. The van der Waals surface area contributed by atoms with Crippen LogP contribution in [0.1, 0.15) is 290 Å². The van der Waals surface area contributed by atoms with Crippen molar-refractivity contribution in [1.29, 1.82) is 0 Å². The first-order chi connectivity index (χ1) is 39.6. The average Bonchev–Trinajstić information content (AvgIpc) is 3.47. The second kappa shape index (κ2) is 52.5. The van der Waals surface area contributed by atoms with Crippen molar-refractivity contribution in [3.63, 3.8) is 0 Å². The zero-order chi connectivity index (χ0) is 58.8. The fraction of sp³-hybridized carbons (Fsp3) is 0.896. The second-order valence-electron chi connectivity index (χ2n) is 23.9.